The Kier molecular flexibility index (Phi) is 6.82. The smallest absolute Gasteiger partial charge is 0.270 e. The van der Waals surface area contributed by atoms with E-state index in [0.29, 0.717) is 24.2 Å². The zero-order chi connectivity index (χ0) is 19.1. The third-order valence-corrected chi connectivity index (χ3v) is 5.15. The Balaban J connectivity index is 1.38. The van der Waals surface area contributed by atoms with Gasteiger partial charge in [0.05, 0.1) is 0 Å². The van der Waals surface area contributed by atoms with Crippen LogP contribution in [0.5, 0.6) is 0 Å². The fraction of sp³-hybridized carbons (Fsp3) is 0.455. The Bertz CT molecular complexity index is 767. The van der Waals surface area contributed by atoms with E-state index >= 15 is 0 Å². The van der Waals surface area contributed by atoms with E-state index in [9.17, 15) is 9.59 Å². The van der Waals surface area contributed by atoms with Gasteiger partial charge in [-0.2, -0.15) is 0 Å². The van der Waals surface area contributed by atoms with E-state index < -0.39 is 0 Å². The van der Waals surface area contributed by atoms with Crippen LogP contribution in [0.3, 0.4) is 0 Å². The summed E-state index contributed by atoms with van der Waals surface area (Å²) < 4.78 is 1.95. The molecule has 144 valence electrons. The van der Waals surface area contributed by atoms with Crippen molar-refractivity contribution in [2.75, 3.05) is 26.7 Å². The number of aryl methyl sites for hydroxylation is 2. The molecule has 5 heteroatoms. The van der Waals surface area contributed by atoms with Gasteiger partial charge in [0.2, 0.25) is 0 Å². The zero-order valence-corrected chi connectivity index (χ0v) is 16.1. The van der Waals surface area contributed by atoms with Crippen molar-refractivity contribution in [3.05, 3.63) is 59.4 Å². The summed E-state index contributed by atoms with van der Waals surface area (Å²) >= 11 is 0. The van der Waals surface area contributed by atoms with Crippen molar-refractivity contribution >= 4 is 11.7 Å². The number of ketones is 1. The van der Waals surface area contributed by atoms with Crippen LogP contribution in [0.1, 0.15) is 52.1 Å². The molecule has 1 aliphatic heterocycles. The molecule has 0 saturated heterocycles. The summed E-state index contributed by atoms with van der Waals surface area (Å²) in [5.41, 5.74) is 2.54. The summed E-state index contributed by atoms with van der Waals surface area (Å²) in [7, 11) is 1.77. The maximum absolute atomic E-state index is 12.5. The van der Waals surface area contributed by atoms with Crippen molar-refractivity contribution in [1.82, 2.24) is 14.8 Å². The van der Waals surface area contributed by atoms with Crippen LogP contribution in [0.25, 0.3) is 0 Å². The maximum Gasteiger partial charge on any atom is 0.270 e. The molecule has 0 bridgehead atoms. The van der Waals surface area contributed by atoms with Crippen LogP contribution in [0.2, 0.25) is 0 Å². The molecular weight excluding hydrogens is 338 g/mol. The summed E-state index contributed by atoms with van der Waals surface area (Å²) in [6.07, 6.45) is 6.57. The number of rotatable bonds is 9. The first-order valence-electron chi connectivity index (χ1n) is 9.89. The molecule has 1 amide bonds. The van der Waals surface area contributed by atoms with Gasteiger partial charge in [-0.3, -0.25) is 9.59 Å². The van der Waals surface area contributed by atoms with E-state index in [1.165, 1.54) is 5.56 Å². The first kappa shape index (κ1) is 19.4. The number of fused-ring (bicyclic) bond motifs is 1. The number of Topliss-reactive ketones (excluding diaryl/α,β-unsaturated/α-hetero) is 1. The summed E-state index contributed by atoms with van der Waals surface area (Å²) in [5.74, 6) is 0.0291. The number of nitrogens with zero attached hydrogens (tertiary/aromatic N) is 2. The monoisotopic (exact) mass is 367 g/mol. The largest absolute Gasteiger partial charge is 0.343 e. The van der Waals surface area contributed by atoms with Gasteiger partial charge in [-0.15, -0.1) is 0 Å². The quantitative estimate of drug-likeness (QED) is 0.693. The highest BCUT2D eigenvalue weighted by molar-refractivity contribution is 6.08. The van der Waals surface area contributed by atoms with Crippen LogP contribution >= 0.6 is 0 Å². The minimum Gasteiger partial charge on any atom is -0.343 e. The summed E-state index contributed by atoms with van der Waals surface area (Å²) in [5, 5.41) is 3.49. The minimum absolute atomic E-state index is 0.0418. The molecule has 3 rings (SSSR count). The van der Waals surface area contributed by atoms with E-state index in [1.54, 1.807) is 18.0 Å². The van der Waals surface area contributed by atoms with E-state index in [1.807, 2.05) is 16.8 Å². The number of nitrogens with one attached hydrogen (secondary N) is 1. The van der Waals surface area contributed by atoms with Gasteiger partial charge in [-0.05, 0) is 50.4 Å². The number of aromatic nitrogens is 1. The van der Waals surface area contributed by atoms with Crippen molar-refractivity contribution in [3.63, 3.8) is 0 Å². The molecule has 0 aliphatic carbocycles. The standard InChI is InChI=1S/C22H29N3O2/c1-24-16-12-20(26)19-11-17-25(21(19)22(24)27)15-6-5-13-23-14-7-10-18-8-3-2-4-9-18/h2-4,8-9,11,17,23H,5-7,10,12-16H2,1H3. The minimum atomic E-state index is -0.0418. The lowest BCUT2D eigenvalue weighted by Crippen LogP contribution is -2.28. The molecule has 1 aliphatic rings. The molecule has 0 radical (unpaired) electrons. The van der Waals surface area contributed by atoms with Crippen molar-refractivity contribution in [2.45, 2.75) is 38.6 Å². The lowest BCUT2D eigenvalue weighted by molar-refractivity contribution is 0.0787. The van der Waals surface area contributed by atoms with Gasteiger partial charge in [0.1, 0.15) is 5.69 Å². The summed E-state index contributed by atoms with van der Waals surface area (Å²) in [6, 6.07) is 12.4. The molecule has 1 aromatic carbocycles. The number of unbranched alkanes of at least 4 members (excludes halogenated alkanes) is 1. The molecule has 2 aromatic rings. The van der Waals surface area contributed by atoms with E-state index in [4.69, 9.17) is 0 Å². The number of amides is 1. The normalized spacial score (nSPS) is 14.3. The Morgan fingerprint density at radius 2 is 1.78 bits per heavy atom. The maximum atomic E-state index is 12.5. The number of carbonyl (C=O) groups is 2. The third kappa shape index (κ3) is 5.07. The van der Waals surface area contributed by atoms with Gasteiger partial charge in [0, 0.05) is 38.3 Å². The highest BCUT2D eigenvalue weighted by Crippen LogP contribution is 2.20. The second-order valence-corrected chi connectivity index (χ2v) is 7.22. The van der Waals surface area contributed by atoms with Crippen molar-refractivity contribution in [3.8, 4) is 0 Å². The molecule has 0 spiro atoms. The van der Waals surface area contributed by atoms with Crippen LogP contribution in [0.15, 0.2) is 42.6 Å². The summed E-state index contributed by atoms with van der Waals surface area (Å²) in [4.78, 5) is 26.4. The van der Waals surface area contributed by atoms with E-state index in [2.05, 4.69) is 29.6 Å². The van der Waals surface area contributed by atoms with Crippen molar-refractivity contribution in [1.29, 1.82) is 0 Å². The molecular formula is C22H29N3O2. The molecule has 1 N–H and O–H groups in total. The number of hydrogen-bond acceptors (Lipinski definition) is 3. The average Bonchev–Trinajstić information content (AvgIpc) is 3.07. The Hall–Kier alpha value is -2.40. The van der Waals surface area contributed by atoms with Crippen LogP contribution in [-0.2, 0) is 13.0 Å². The SMILES string of the molecule is CN1CCC(=O)c2ccn(CCCCNCCCc3ccccc3)c2C1=O. The molecule has 5 nitrogen and oxygen atoms in total. The van der Waals surface area contributed by atoms with Crippen LogP contribution in [0, 0.1) is 0 Å². The number of hydrogen-bond donors (Lipinski definition) is 1. The fourth-order valence-electron chi connectivity index (χ4n) is 3.53. The predicted molar refractivity (Wildman–Crippen MR) is 107 cm³/mol. The topological polar surface area (TPSA) is 54.3 Å². The number of benzene rings is 1. The molecule has 2 heterocycles. The van der Waals surface area contributed by atoms with Crippen molar-refractivity contribution < 1.29 is 9.59 Å². The fourth-order valence-corrected chi connectivity index (χ4v) is 3.53. The second kappa shape index (κ2) is 9.51. The van der Waals surface area contributed by atoms with Crippen LogP contribution in [-0.4, -0.2) is 47.8 Å². The molecule has 0 fully saturated rings. The zero-order valence-electron chi connectivity index (χ0n) is 16.1. The molecule has 0 unspecified atom stereocenters. The third-order valence-electron chi connectivity index (χ3n) is 5.15. The van der Waals surface area contributed by atoms with Crippen LogP contribution < -0.4 is 5.32 Å². The summed E-state index contributed by atoms with van der Waals surface area (Å²) in [6.45, 7) is 3.27. The average molecular weight is 367 g/mol. The van der Waals surface area contributed by atoms with Gasteiger partial charge in [-0.25, -0.2) is 0 Å². The first-order valence-corrected chi connectivity index (χ1v) is 9.89. The Morgan fingerprint density at radius 3 is 2.59 bits per heavy atom. The Morgan fingerprint density at radius 1 is 1.00 bits per heavy atom. The lowest BCUT2D eigenvalue weighted by atomic mass is 10.1. The highest BCUT2D eigenvalue weighted by Gasteiger charge is 2.27. The number of carbonyl (C=O) groups excluding carboxylic acids is 2. The highest BCUT2D eigenvalue weighted by atomic mass is 16.2. The van der Waals surface area contributed by atoms with Gasteiger partial charge in [0.25, 0.3) is 5.91 Å². The van der Waals surface area contributed by atoms with E-state index in [-0.39, 0.29) is 11.7 Å². The van der Waals surface area contributed by atoms with Gasteiger partial charge in [0.15, 0.2) is 5.78 Å². The van der Waals surface area contributed by atoms with Gasteiger partial charge >= 0.3 is 0 Å². The van der Waals surface area contributed by atoms with Crippen molar-refractivity contribution in [2.24, 2.45) is 0 Å². The van der Waals surface area contributed by atoms with Crippen LogP contribution in [0.4, 0.5) is 0 Å². The second-order valence-electron chi connectivity index (χ2n) is 7.22. The molecule has 1 aromatic heterocycles. The predicted octanol–water partition coefficient (Wildman–Crippen LogP) is 3.15. The Labute approximate surface area is 161 Å². The van der Waals surface area contributed by atoms with Gasteiger partial charge < -0.3 is 14.8 Å². The van der Waals surface area contributed by atoms with E-state index in [0.717, 1.165) is 45.3 Å². The molecule has 0 saturated carbocycles. The van der Waals surface area contributed by atoms with Gasteiger partial charge in [-0.1, -0.05) is 30.3 Å². The first-order chi connectivity index (χ1) is 13.2. The lowest BCUT2D eigenvalue weighted by Gasteiger charge is -2.15. The molecule has 0 atom stereocenters. The molecule has 27 heavy (non-hydrogen) atoms.